The third-order valence-corrected chi connectivity index (χ3v) is 3.06. The third kappa shape index (κ3) is 1.58. The first-order valence-electron chi connectivity index (χ1n) is 5.76. The van der Waals surface area contributed by atoms with Crippen molar-refractivity contribution in [1.29, 1.82) is 0 Å². The number of pyridine rings is 1. The lowest BCUT2D eigenvalue weighted by molar-refractivity contribution is 0.0698. The van der Waals surface area contributed by atoms with Crippen molar-refractivity contribution in [2.45, 2.75) is 0 Å². The van der Waals surface area contributed by atoms with Gasteiger partial charge in [-0.15, -0.1) is 0 Å². The number of carbonyl (C=O) groups is 3. The number of aromatic nitrogens is 1. The van der Waals surface area contributed by atoms with Crippen LogP contribution in [0.4, 0.5) is 5.69 Å². The van der Waals surface area contributed by atoms with Crippen molar-refractivity contribution in [2.24, 2.45) is 0 Å². The second kappa shape index (κ2) is 4.27. The molecule has 1 aromatic carbocycles. The number of imide groups is 1. The molecule has 1 aliphatic heterocycles. The van der Waals surface area contributed by atoms with E-state index in [1.54, 1.807) is 6.07 Å². The lowest BCUT2D eigenvalue weighted by atomic mass is 10.1. The van der Waals surface area contributed by atoms with Crippen LogP contribution in [0.15, 0.2) is 42.7 Å². The van der Waals surface area contributed by atoms with Gasteiger partial charge in [0.15, 0.2) is 0 Å². The summed E-state index contributed by atoms with van der Waals surface area (Å²) in [5, 5.41) is 9.15. The Labute approximate surface area is 113 Å². The minimum absolute atomic E-state index is 0.0613. The Kier molecular flexibility index (Phi) is 2.57. The maximum Gasteiger partial charge on any atom is 0.337 e. The number of fused-ring (bicyclic) bond motifs is 1. The van der Waals surface area contributed by atoms with E-state index >= 15 is 0 Å². The van der Waals surface area contributed by atoms with Crippen molar-refractivity contribution in [2.75, 3.05) is 4.90 Å². The van der Waals surface area contributed by atoms with Crippen LogP contribution in [0, 0.1) is 0 Å². The Bertz CT molecular complexity index is 719. The summed E-state index contributed by atoms with van der Waals surface area (Å²) < 4.78 is 0. The predicted octanol–water partition coefficient (Wildman–Crippen LogP) is 1.58. The number of anilines is 1. The van der Waals surface area contributed by atoms with Crippen LogP contribution in [0.2, 0.25) is 0 Å². The third-order valence-electron chi connectivity index (χ3n) is 3.06. The molecular formula is C14H8N2O4. The van der Waals surface area contributed by atoms with Crippen LogP contribution in [0.1, 0.15) is 31.1 Å². The van der Waals surface area contributed by atoms with Gasteiger partial charge in [0.1, 0.15) is 0 Å². The zero-order valence-electron chi connectivity index (χ0n) is 10.1. The van der Waals surface area contributed by atoms with Crippen LogP contribution in [0.25, 0.3) is 0 Å². The fraction of sp³-hybridized carbons (Fsp3) is 0. The molecule has 2 heterocycles. The van der Waals surface area contributed by atoms with Gasteiger partial charge in [0.2, 0.25) is 0 Å². The molecule has 2 aromatic rings. The highest BCUT2D eigenvalue weighted by Crippen LogP contribution is 2.30. The molecule has 1 N–H and O–H groups in total. The Morgan fingerprint density at radius 1 is 1.05 bits per heavy atom. The molecule has 6 nitrogen and oxygen atoms in total. The topological polar surface area (TPSA) is 87.6 Å². The molecule has 20 heavy (non-hydrogen) atoms. The Hall–Kier alpha value is -3.02. The number of nitrogens with zero attached hydrogens (tertiary/aromatic N) is 2. The smallest absolute Gasteiger partial charge is 0.337 e. The minimum Gasteiger partial charge on any atom is -0.478 e. The van der Waals surface area contributed by atoms with E-state index in [0.29, 0.717) is 0 Å². The fourth-order valence-corrected chi connectivity index (χ4v) is 2.15. The Balaban J connectivity index is 2.17. The molecule has 0 aliphatic carbocycles. The van der Waals surface area contributed by atoms with E-state index in [1.165, 1.54) is 36.7 Å². The molecule has 0 spiro atoms. The van der Waals surface area contributed by atoms with Crippen LogP contribution < -0.4 is 4.90 Å². The molecule has 6 heteroatoms. The first-order valence-corrected chi connectivity index (χ1v) is 5.76. The number of carbonyl (C=O) groups excluding carboxylic acids is 2. The lowest BCUT2D eigenvalue weighted by Gasteiger charge is -2.15. The molecule has 1 aromatic heterocycles. The number of aromatic carboxylic acids is 1. The summed E-state index contributed by atoms with van der Waals surface area (Å²) >= 11 is 0. The average molecular weight is 268 g/mol. The summed E-state index contributed by atoms with van der Waals surface area (Å²) in [6.07, 6.45) is 2.72. The van der Waals surface area contributed by atoms with Crippen LogP contribution in [-0.2, 0) is 0 Å². The zero-order chi connectivity index (χ0) is 14.3. The largest absolute Gasteiger partial charge is 0.478 e. The van der Waals surface area contributed by atoms with E-state index in [1.807, 2.05) is 0 Å². The molecule has 0 saturated heterocycles. The first kappa shape index (κ1) is 12.0. The fourth-order valence-electron chi connectivity index (χ4n) is 2.15. The number of carboxylic acids is 1. The highest BCUT2D eigenvalue weighted by Gasteiger charge is 2.38. The number of amides is 2. The molecule has 3 rings (SSSR count). The highest BCUT2D eigenvalue weighted by molar-refractivity contribution is 6.35. The van der Waals surface area contributed by atoms with Gasteiger partial charge in [-0.05, 0) is 18.2 Å². The lowest BCUT2D eigenvalue weighted by Crippen LogP contribution is -2.30. The quantitative estimate of drug-likeness (QED) is 0.835. The van der Waals surface area contributed by atoms with E-state index in [0.717, 1.165) is 4.90 Å². The van der Waals surface area contributed by atoms with Crippen molar-refractivity contribution < 1.29 is 19.5 Å². The van der Waals surface area contributed by atoms with Crippen molar-refractivity contribution >= 4 is 23.5 Å². The van der Waals surface area contributed by atoms with Gasteiger partial charge in [-0.3, -0.25) is 14.6 Å². The number of benzene rings is 1. The maximum atomic E-state index is 12.3. The molecule has 1 aliphatic rings. The van der Waals surface area contributed by atoms with E-state index < -0.39 is 17.8 Å². The van der Waals surface area contributed by atoms with Crippen LogP contribution in [0.3, 0.4) is 0 Å². The monoisotopic (exact) mass is 268 g/mol. The summed E-state index contributed by atoms with van der Waals surface area (Å²) in [6.45, 7) is 0. The number of carboxylic acid groups (broad SMARTS) is 1. The van der Waals surface area contributed by atoms with Gasteiger partial charge in [-0.1, -0.05) is 12.1 Å². The van der Waals surface area contributed by atoms with Crippen molar-refractivity contribution in [1.82, 2.24) is 4.98 Å². The second-order valence-corrected chi connectivity index (χ2v) is 4.19. The molecule has 98 valence electrons. The van der Waals surface area contributed by atoms with Gasteiger partial charge in [0.25, 0.3) is 11.8 Å². The Morgan fingerprint density at radius 3 is 2.45 bits per heavy atom. The molecule has 0 saturated carbocycles. The molecule has 0 atom stereocenters. The van der Waals surface area contributed by atoms with Crippen LogP contribution in [-0.4, -0.2) is 27.9 Å². The van der Waals surface area contributed by atoms with Crippen LogP contribution >= 0.6 is 0 Å². The van der Waals surface area contributed by atoms with E-state index in [9.17, 15) is 14.4 Å². The number of hydrogen-bond donors (Lipinski definition) is 1. The van der Waals surface area contributed by atoms with E-state index in [2.05, 4.69) is 4.98 Å². The molecule has 0 fully saturated rings. The Morgan fingerprint density at radius 2 is 1.75 bits per heavy atom. The summed E-state index contributed by atoms with van der Waals surface area (Å²) in [4.78, 5) is 40.4. The number of para-hydroxylation sites is 1. The molecular weight excluding hydrogens is 260 g/mol. The first-order chi connectivity index (χ1) is 9.61. The van der Waals surface area contributed by atoms with E-state index in [4.69, 9.17) is 5.11 Å². The minimum atomic E-state index is -1.20. The van der Waals surface area contributed by atoms with Gasteiger partial charge in [-0.2, -0.15) is 0 Å². The van der Waals surface area contributed by atoms with Gasteiger partial charge in [0.05, 0.1) is 22.4 Å². The summed E-state index contributed by atoms with van der Waals surface area (Å²) in [5.74, 6) is -2.30. The number of rotatable bonds is 2. The zero-order valence-corrected chi connectivity index (χ0v) is 10.1. The summed E-state index contributed by atoms with van der Waals surface area (Å²) in [7, 11) is 0. The second-order valence-electron chi connectivity index (χ2n) is 4.19. The van der Waals surface area contributed by atoms with Crippen LogP contribution in [0.5, 0.6) is 0 Å². The van der Waals surface area contributed by atoms with Crippen molar-refractivity contribution in [3.05, 3.63) is 59.4 Å². The SMILES string of the molecule is O=C(O)c1ccccc1N1C(=O)c2ccncc2C1=O. The number of hydrogen-bond acceptors (Lipinski definition) is 4. The van der Waals surface area contributed by atoms with E-state index in [-0.39, 0.29) is 22.4 Å². The standard InChI is InChI=1S/C14H8N2O4/c17-12-8-5-6-15-7-10(8)13(18)16(12)11-4-2-1-3-9(11)14(19)20/h1-7H,(H,19,20). The maximum absolute atomic E-state index is 12.3. The van der Waals surface area contributed by atoms with Gasteiger partial charge >= 0.3 is 5.97 Å². The average Bonchev–Trinajstić information content (AvgIpc) is 2.71. The van der Waals surface area contributed by atoms with Gasteiger partial charge in [-0.25, -0.2) is 9.69 Å². The predicted molar refractivity (Wildman–Crippen MR) is 68.8 cm³/mol. The molecule has 2 amide bonds. The van der Waals surface area contributed by atoms with Gasteiger partial charge in [0, 0.05) is 12.4 Å². The summed E-state index contributed by atoms with van der Waals surface area (Å²) in [6, 6.07) is 7.33. The molecule has 0 bridgehead atoms. The molecule has 0 unspecified atom stereocenters. The highest BCUT2D eigenvalue weighted by atomic mass is 16.4. The molecule has 0 radical (unpaired) electrons. The van der Waals surface area contributed by atoms with Gasteiger partial charge < -0.3 is 5.11 Å². The normalized spacial score (nSPS) is 13.5. The van der Waals surface area contributed by atoms with Crippen molar-refractivity contribution in [3.8, 4) is 0 Å². The van der Waals surface area contributed by atoms with Crippen molar-refractivity contribution in [3.63, 3.8) is 0 Å². The summed E-state index contributed by atoms with van der Waals surface area (Å²) in [5.41, 5.74) is 0.365.